The van der Waals surface area contributed by atoms with Crippen LogP contribution in [0.5, 0.6) is 5.75 Å². The summed E-state index contributed by atoms with van der Waals surface area (Å²) in [4.78, 5) is 56.1. The minimum Gasteiger partial charge on any atom is -0.508 e. The maximum Gasteiger partial charge on any atom is 0.253 e. The van der Waals surface area contributed by atoms with Crippen LogP contribution in [0.4, 0.5) is 5.69 Å². The predicted octanol–water partition coefficient (Wildman–Crippen LogP) is 4.69. The number of rotatable bonds is 29. The average molecular weight is 1000 g/mol. The third-order valence-electron chi connectivity index (χ3n) is 11.9. The van der Waals surface area contributed by atoms with E-state index in [4.69, 9.17) is 38.4 Å². The highest BCUT2D eigenvalue weighted by atomic mass is 16.5. The SMILES string of the molecule is Cc1cccc(-c2cccc(COCCOCCNC(=O)COCCOCCNCOCCOCCNC(=O)c3cc(N4CCN(C)CC4)cc4[nH]c(-c5ccc6nc(-c7ccc(O)cc7)[nH]c6c5)nc34)n2)n1. The van der Waals surface area contributed by atoms with Crippen LogP contribution < -0.4 is 20.9 Å². The number of fused-ring (bicyclic) bond motifs is 2. The smallest absolute Gasteiger partial charge is 0.253 e. The number of benzene rings is 3. The molecular weight excluding hydrogens is 935 g/mol. The Morgan fingerprint density at radius 1 is 0.630 bits per heavy atom. The van der Waals surface area contributed by atoms with Gasteiger partial charge in [-0.15, -0.1) is 0 Å². The Morgan fingerprint density at radius 2 is 1.29 bits per heavy atom. The molecule has 4 aromatic heterocycles. The molecule has 0 bridgehead atoms. The van der Waals surface area contributed by atoms with Crippen LogP contribution in [-0.4, -0.2) is 177 Å². The summed E-state index contributed by atoms with van der Waals surface area (Å²) in [5.74, 6) is 1.07. The van der Waals surface area contributed by atoms with E-state index >= 15 is 0 Å². The number of carbonyl (C=O) groups excluding carboxylic acids is 2. The number of H-pyrrole nitrogens is 2. The summed E-state index contributed by atoms with van der Waals surface area (Å²) in [6, 6.07) is 28.4. The molecule has 1 aliphatic rings. The standard InChI is InChI=1S/C53H65N11O9/c1-37-5-3-7-44(57-37)45-8-4-6-40(58-45)34-71-28-25-69-23-16-55-49(66)35-72-29-26-68-22-15-54-36-73-30-27-70-24-17-56-53(67)43-32-41(64-20-18-63(2)19-21-64)33-48-50(43)62-52(61-48)39-11-14-46-47(31-39)60-51(59-46)38-9-12-42(65)13-10-38/h3-14,31-33,54,65H,15-30,34-36H2,1-2H3,(H,55,66)(H,56,67)(H,59,60)(H,61,62). The Balaban J connectivity index is 0.648. The maximum absolute atomic E-state index is 13.8. The van der Waals surface area contributed by atoms with Gasteiger partial charge in [0.15, 0.2) is 0 Å². The summed E-state index contributed by atoms with van der Waals surface area (Å²) in [7, 11) is 2.12. The first kappa shape index (κ1) is 52.4. The monoisotopic (exact) mass is 999 g/mol. The highest BCUT2D eigenvalue weighted by Gasteiger charge is 2.21. The lowest BCUT2D eigenvalue weighted by molar-refractivity contribution is -0.126. The Hall–Kier alpha value is -6.88. The van der Waals surface area contributed by atoms with E-state index in [1.807, 2.05) is 79.7 Å². The Morgan fingerprint density at radius 3 is 2.07 bits per heavy atom. The molecule has 386 valence electrons. The van der Waals surface area contributed by atoms with E-state index in [2.05, 4.69) is 58.8 Å². The number of ether oxygens (including phenoxy) is 6. The number of phenols is 1. The molecule has 6 N–H and O–H groups in total. The first-order chi connectivity index (χ1) is 35.8. The number of carbonyl (C=O) groups is 2. The highest BCUT2D eigenvalue weighted by molar-refractivity contribution is 6.07. The number of piperazine rings is 1. The minimum absolute atomic E-state index is 0.0594. The number of phenolic OH excluding ortho intramolecular Hbond substituents is 1. The second-order valence-corrected chi connectivity index (χ2v) is 17.4. The fraction of sp³-hybridized carbons (Fsp3) is 0.396. The lowest BCUT2D eigenvalue weighted by Crippen LogP contribution is -2.44. The van der Waals surface area contributed by atoms with Gasteiger partial charge in [0, 0.05) is 68.3 Å². The molecule has 20 heteroatoms. The van der Waals surface area contributed by atoms with Gasteiger partial charge < -0.3 is 63.9 Å². The van der Waals surface area contributed by atoms with E-state index in [9.17, 15) is 14.7 Å². The maximum atomic E-state index is 13.8. The van der Waals surface area contributed by atoms with Crippen molar-refractivity contribution in [1.82, 2.24) is 50.8 Å². The van der Waals surface area contributed by atoms with Crippen molar-refractivity contribution in [2.75, 3.05) is 131 Å². The van der Waals surface area contributed by atoms with Crippen LogP contribution in [0, 0.1) is 6.92 Å². The van der Waals surface area contributed by atoms with Gasteiger partial charge in [0.25, 0.3) is 5.91 Å². The lowest BCUT2D eigenvalue weighted by Gasteiger charge is -2.34. The number of imidazole rings is 2. The molecule has 0 unspecified atom stereocenters. The zero-order valence-corrected chi connectivity index (χ0v) is 41.5. The summed E-state index contributed by atoms with van der Waals surface area (Å²) >= 11 is 0. The summed E-state index contributed by atoms with van der Waals surface area (Å²) in [6.45, 7) is 10.8. The van der Waals surface area contributed by atoms with Crippen molar-refractivity contribution in [2.24, 2.45) is 0 Å². The summed E-state index contributed by atoms with van der Waals surface area (Å²) in [6.07, 6.45) is 0. The van der Waals surface area contributed by atoms with Crippen LogP contribution in [0.3, 0.4) is 0 Å². The zero-order chi connectivity index (χ0) is 50.6. The second-order valence-electron chi connectivity index (χ2n) is 17.4. The quantitative estimate of drug-likeness (QED) is 0.0276. The van der Waals surface area contributed by atoms with Crippen LogP contribution >= 0.6 is 0 Å². The van der Waals surface area contributed by atoms with Gasteiger partial charge in [-0.3, -0.25) is 19.9 Å². The Kier molecular flexibility index (Phi) is 19.6. The molecule has 1 saturated heterocycles. The number of hydrogen-bond acceptors (Lipinski definition) is 16. The molecule has 0 atom stereocenters. The third kappa shape index (κ3) is 15.8. The summed E-state index contributed by atoms with van der Waals surface area (Å²) in [5.41, 5.74) is 9.55. The van der Waals surface area contributed by atoms with Crippen molar-refractivity contribution < 1.29 is 43.1 Å². The van der Waals surface area contributed by atoms with Gasteiger partial charge >= 0.3 is 0 Å². The molecule has 20 nitrogen and oxygen atoms in total. The van der Waals surface area contributed by atoms with Gasteiger partial charge in [-0.1, -0.05) is 12.1 Å². The Bertz CT molecular complexity index is 2850. The number of aromatic hydroxyl groups is 1. The zero-order valence-electron chi connectivity index (χ0n) is 41.5. The van der Waals surface area contributed by atoms with Gasteiger partial charge in [-0.25, -0.2) is 15.0 Å². The van der Waals surface area contributed by atoms with E-state index in [-0.39, 0.29) is 24.2 Å². The predicted molar refractivity (Wildman–Crippen MR) is 277 cm³/mol. The van der Waals surface area contributed by atoms with E-state index in [0.717, 1.165) is 82.3 Å². The molecule has 0 aliphatic carbocycles. The van der Waals surface area contributed by atoms with E-state index in [0.29, 0.717) is 115 Å². The number of nitrogens with zero attached hydrogens (tertiary/aromatic N) is 6. The third-order valence-corrected chi connectivity index (χ3v) is 11.9. The average Bonchev–Trinajstić information content (AvgIpc) is 4.04. The highest BCUT2D eigenvalue weighted by Crippen LogP contribution is 2.31. The molecule has 0 spiro atoms. The molecule has 3 aromatic carbocycles. The van der Waals surface area contributed by atoms with Gasteiger partial charge in [-0.2, -0.15) is 0 Å². The number of amides is 2. The minimum atomic E-state index is -0.231. The number of hydrogen-bond donors (Lipinski definition) is 6. The first-order valence-corrected chi connectivity index (χ1v) is 24.6. The van der Waals surface area contributed by atoms with Gasteiger partial charge in [0.05, 0.1) is 112 Å². The van der Waals surface area contributed by atoms with Crippen molar-refractivity contribution in [2.45, 2.75) is 13.5 Å². The summed E-state index contributed by atoms with van der Waals surface area (Å²) < 4.78 is 33.6. The normalized spacial score (nSPS) is 13.0. The second kappa shape index (κ2) is 27.3. The molecule has 1 fully saturated rings. The summed E-state index contributed by atoms with van der Waals surface area (Å²) in [5, 5.41) is 18.7. The number of pyridine rings is 2. The van der Waals surface area contributed by atoms with Crippen molar-refractivity contribution in [1.29, 1.82) is 0 Å². The van der Waals surface area contributed by atoms with Crippen molar-refractivity contribution in [3.05, 3.63) is 108 Å². The van der Waals surface area contributed by atoms with Gasteiger partial charge in [0.1, 0.15) is 29.5 Å². The van der Waals surface area contributed by atoms with Crippen LogP contribution in [0.1, 0.15) is 21.7 Å². The van der Waals surface area contributed by atoms with Crippen molar-refractivity contribution >= 4 is 39.6 Å². The van der Waals surface area contributed by atoms with E-state index in [1.54, 1.807) is 12.1 Å². The topological polar surface area (TPSA) is 235 Å². The molecule has 5 heterocycles. The van der Waals surface area contributed by atoms with Crippen molar-refractivity contribution in [3.8, 4) is 39.9 Å². The number of aromatic amines is 2. The molecule has 73 heavy (non-hydrogen) atoms. The number of aromatic nitrogens is 6. The van der Waals surface area contributed by atoms with Crippen LogP contribution in [0.25, 0.3) is 56.2 Å². The fourth-order valence-corrected chi connectivity index (χ4v) is 7.97. The van der Waals surface area contributed by atoms with Crippen LogP contribution in [0.2, 0.25) is 0 Å². The molecule has 7 aromatic rings. The Labute approximate surface area is 424 Å². The van der Waals surface area contributed by atoms with Crippen LogP contribution in [-0.2, 0) is 39.8 Å². The number of aryl methyl sites for hydroxylation is 1. The van der Waals surface area contributed by atoms with Crippen molar-refractivity contribution in [3.63, 3.8) is 0 Å². The fourth-order valence-electron chi connectivity index (χ4n) is 7.97. The largest absolute Gasteiger partial charge is 0.508 e. The number of likely N-dealkylation sites (N-methyl/N-ethyl adjacent to an activating group) is 1. The molecular formula is C53H65N11O9. The van der Waals surface area contributed by atoms with E-state index in [1.165, 1.54) is 0 Å². The molecule has 0 saturated carbocycles. The molecule has 1 aliphatic heterocycles. The number of nitrogens with one attached hydrogen (secondary N) is 5. The molecule has 0 radical (unpaired) electrons. The van der Waals surface area contributed by atoms with E-state index < -0.39 is 0 Å². The van der Waals surface area contributed by atoms with Gasteiger partial charge in [0.2, 0.25) is 5.91 Å². The number of anilines is 1. The first-order valence-electron chi connectivity index (χ1n) is 24.6. The molecule has 8 rings (SSSR count). The van der Waals surface area contributed by atoms with Gasteiger partial charge in [-0.05, 0) is 92.8 Å². The lowest BCUT2D eigenvalue weighted by atomic mass is 10.1. The van der Waals surface area contributed by atoms with Crippen LogP contribution in [0.15, 0.2) is 91.0 Å². The molecule has 2 amide bonds.